The number of amides is 1. The van der Waals surface area contributed by atoms with Crippen LogP contribution in [0.4, 0.5) is 0 Å². The van der Waals surface area contributed by atoms with Crippen LogP contribution < -0.4 is 5.32 Å². The number of carbonyl (C=O) groups excluding carboxylic acids is 1. The minimum atomic E-state index is -0.693. The van der Waals surface area contributed by atoms with Gasteiger partial charge in [0.25, 0.3) is 0 Å². The molecule has 0 spiro atoms. The van der Waals surface area contributed by atoms with Crippen molar-refractivity contribution in [2.24, 2.45) is 0 Å². The second-order valence-corrected chi connectivity index (χ2v) is 7.25. The van der Waals surface area contributed by atoms with Crippen LogP contribution in [0.5, 0.6) is 0 Å². The molecule has 1 amide bonds. The Morgan fingerprint density at radius 1 is 1.35 bits per heavy atom. The van der Waals surface area contributed by atoms with E-state index in [1.54, 1.807) is 6.08 Å². The Kier molecular flexibility index (Phi) is 5.74. The summed E-state index contributed by atoms with van der Waals surface area (Å²) in [4.78, 5) is 12.3. The van der Waals surface area contributed by atoms with Crippen LogP contribution in [0.1, 0.15) is 25.7 Å². The van der Waals surface area contributed by atoms with Gasteiger partial charge >= 0.3 is 0 Å². The molecule has 1 aromatic heterocycles. The molecular weight excluding hydrogens is 346 g/mol. The second-order valence-electron chi connectivity index (χ2n) is 6.31. The van der Waals surface area contributed by atoms with Crippen molar-refractivity contribution in [2.75, 3.05) is 5.75 Å². The van der Waals surface area contributed by atoms with Crippen molar-refractivity contribution < 1.29 is 4.79 Å². The van der Waals surface area contributed by atoms with E-state index < -0.39 is 5.54 Å². The van der Waals surface area contributed by atoms with Gasteiger partial charge in [0.1, 0.15) is 5.54 Å². The van der Waals surface area contributed by atoms with Crippen molar-refractivity contribution >= 4 is 17.7 Å². The summed E-state index contributed by atoms with van der Waals surface area (Å²) >= 11 is 1.32. The molecule has 1 aliphatic carbocycles. The highest BCUT2D eigenvalue weighted by Crippen LogP contribution is 2.29. The van der Waals surface area contributed by atoms with E-state index in [1.165, 1.54) is 11.8 Å². The maximum atomic E-state index is 12.3. The van der Waals surface area contributed by atoms with E-state index in [-0.39, 0.29) is 11.7 Å². The Balaban J connectivity index is 1.70. The fourth-order valence-corrected chi connectivity index (χ4v) is 3.91. The van der Waals surface area contributed by atoms with Crippen molar-refractivity contribution in [3.05, 3.63) is 43.0 Å². The molecule has 26 heavy (non-hydrogen) atoms. The molecule has 1 N–H and O–H groups in total. The smallest absolute Gasteiger partial charge is 0.231 e. The number of rotatable bonds is 7. The first-order valence-electron chi connectivity index (χ1n) is 8.62. The molecule has 0 bridgehead atoms. The largest absolute Gasteiger partial charge is 0.337 e. The first-order valence-corrected chi connectivity index (χ1v) is 9.60. The number of nitrogens with one attached hydrogen (secondary N) is 1. The van der Waals surface area contributed by atoms with Crippen LogP contribution in [0.2, 0.25) is 0 Å². The van der Waals surface area contributed by atoms with Gasteiger partial charge in [-0.25, -0.2) is 0 Å². The second kappa shape index (κ2) is 8.19. The summed E-state index contributed by atoms with van der Waals surface area (Å²) in [6, 6.07) is 12.1. The number of carbonyl (C=O) groups is 1. The third-order valence-corrected chi connectivity index (χ3v) is 5.41. The summed E-state index contributed by atoms with van der Waals surface area (Å²) in [5.41, 5.74) is 0.272. The molecule has 7 heteroatoms. The van der Waals surface area contributed by atoms with Gasteiger partial charge in [0, 0.05) is 12.1 Å². The Hall–Kier alpha value is -2.59. The zero-order valence-electron chi connectivity index (χ0n) is 14.5. The number of aromatic nitrogens is 3. The van der Waals surface area contributed by atoms with E-state index in [2.05, 4.69) is 28.2 Å². The lowest BCUT2D eigenvalue weighted by Crippen LogP contribution is -2.45. The predicted octanol–water partition coefficient (Wildman–Crippen LogP) is 3.18. The van der Waals surface area contributed by atoms with Crippen LogP contribution in [-0.2, 0) is 11.3 Å². The molecule has 1 saturated carbocycles. The van der Waals surface area contributed by atoms with Gasteiger partial charge < -0.3 is 5.32 Å². The Morgan fingerprint density at radius 3 is 2.73 bits per heavy atom. The molecule has 1 fully saturated rings. The SMILES string of the molecule is C=CCn1c(SCC(=O)NC2(C#N)CCCC2)nnc1-c1ccccc1. The summed E-state index contributed by atoms with van der Waals surface area (Å²) < 4.78 is 1.94. The maximum absolute atomic E-state index is 12.3. The summed E-state index contributed by atoms with van der Waals surface area (Å²) in [7, 11) is 0. The predicted molar refractivity (Wildman–Crippen MR) is 101 cm³/mol. The lowest BCUT2D eigenvalue weighted by Gasteiger charge is -2.21. The molecule has 6 nitrogen and oxygen atoms in total. The monoisotopic (exact) mass is 367 g/mol. The highest BCUT2D eigenvalue weighted by molar-refractivity contribution is 7.99. The molecule has 0 aliphatic heterocycles. The van der Waals surface area contributed by atoms with Gasteiger partial charge in [0.2, 0.25) is 5.91 Å². The Bertz CT molecular complexity index is 818. The number of nitriles is 1. The highest BCUT2D eigenvalue weighted by Gasteiger charge is 2.35. The first kappa shape index (κ1) is 18.2. The normalized spacial score (nSPS) is 15.3. The van der Waals surface area contributed by atoms with Crippen molar-refractivity contribution in [3.63, 3.8) is 0 Å². The highest BCUT2D eigenvalue weighted by atomic mass is 32.2. The molecule has 1 aliphatic rings. The topological polar surface area (TPSA) is 83.6 Å². The molecule has 3 rings (SSSR count). The van der Waals surface area contributed by atoms with Gasteiger partial charge in [-0.2, -0.15) is 5.26 Å². The number of hydrogen-bond acceptors (Lipinski definition) is 5. The van der Waals surface area contributed by atoms with Crippen molar-refractivity contribution in [3.8, 4) is 17.5 Å². The van der Waals surface area contributed by atoms with Crippen LogP contribution in [0.15, 0.2) is 48.1 Å². The Labute approximate surface area is 157 Å². The molecule has 134 valence electrons. The van der Waals surface area contributed by atoms with Crippen molar-refractivity contribution in [1.29, 1.82) is 5.26 Å². The zero-order valence-corrected chi connectivity index (χ0v) is 15.3. The van der Waals surface area contributed by atoms with Gasteiger partial charge in [-0.3, -0.25) is 9.36 Å². The minimum Gasteiger partial charge on any atom is -0.337 e. The third kappa shape index (κ3) is 3.97. The van der Waals surface area contributed by atoms with Crippen LogP contribution in [0.3, 0.4) is 0 Å². The average Bonchev–Trinajstić information content (AvgIpc) is 3.29. The summed E-state index contributed by atoms with van der Waals surface area (Å²) in [5, 5.41) is 21.5. The minimum absolute atomic E-state index is 0.145. The molecule has 1 aromatic carbocycles. The standard InChI is InChI=1S/C19H21N5OS/c1-2-12-24-17(15-8-4-3-5-9-15)22-23-18(24)26-13-16(25)21-19(14-20)10-6-7-11-19/h2-5,8-9H,1,6-7,10-13H2,(H,21,25). The average molecular weight is 367 g/mol. The molecule has 0 atom stereocenters. The number of nitrogens with zero attached hydrogens (tertiary/aromatic N) is 4. The van der Waals surface area contributed by atoms with E-state index in [9.17, 15) is 10.1 Å². The molecular formula is C19H21N5OS. The molecule has 0 unspecified atom stereocenters. The molecule has 1 heterocycles. The van der Waals surface area contributed by atoms with Crippen molar-refractivity contribution in [2.45, 2.75) is 42.9 Å². The fourth-order valence-electron chi connectivity index (χ4n) is 3.17. The summed E-state index contributed by atoms with van der Waals surface area (Å²) in [6.07, 6.45) is 5.20. The lowest BCUT2D eigenvalue weighted by molar-refractivity contribution is -0.119. The van der Waals surface area contributed by atoms with Gasteiger partial charge in [0.15, 0.2) is 11.0 Å². The Morgan fingerprint density at radius 2 is 2.08 bits per heavy atom. The zero-order chi connectivity index (χ0) is 18.4. The van der Waals surface area contributed by atoms with Crippen LogP contribution >= 0.6 is 11.8 Å². The van der Waals surface area contributed by atoms with Gasteiger partial charge in [-0.1, -0.05) is 48.2 Å². The van der Waals surface area contributed by atoms with Gasteiger partial charge in [-0.15, -0.1) is 16.8 Å². The number of thioether (sulfide) groups is 1. The lowest BCUT2D eigenvalue weighted by atomic mass is 10.0. The number of benzene rings is 1. The van der Waals surface area contributed by atoms with Crippen LogP contribution in [0.25, 0.3) is 11.4 Å². The number of allylic oxidation sites excluding steroid dienone is 1. The van der Waals surface area contributed by atoms with E-state index in [1.807, 2.05) is 34.9 Å². The summed E-state index contributed by atoms with van der Waals surface area (Å²) in [5.74, 6) is 0.804. The van der Waals surface area contributed by atoms with Crippen LogP contribution in [-0.4, -0.2) is 32.0 Å². The van der Waals surface area contributed by atoms with Gasteiger partial charge in [-0.05, 0) is 25.7 Å². The van der Waals surface area contributed by atoms with Crippen molar-refractivity contribution in [1.82, 2.24) is 20.1 Å². The molecule has 2 aromatic rings. The van der Waals surface area contributed by atoms with E-state index >= 15 is 0 Å². The van der Waals surface area contributed by atoms with Crippen LogP contribution in [0, 0.1) is 11.3 Å². The fraction of sp³-hybridized carbons (Fsp3) is 0.368. The third-order valence-electron chi connectivity index (χ3n) is 4.44. The first-order chi connectivity index (χ1) is 12.7. The maximum Gasteiger partial charge on any atom is 0.231 e. The van der Waals surface area contributed by atoms with E-state index in [0.717, 1.165) is 37.1 Å². The summed E-state index contributed by atoms with van der Waals surface area (Å²) in [6.45, 7) is 4.35. The van der Waals surface area contributed by atoms with E-state index in [4.69, 9.17) is 0 Å². The molecule has 0 radical (unpaired) electrons. The quantitative estimate of drug-likeness (QED) is 0.600. The van der Waals surface area contributed by atoms with Gasteiger partial charge in [0.05, 0.1) is 11.8 Å². The van der Waals surface area contributed by atoms with E-state index in [0.29, 0.717) is 11.7 Å². The number of hydrogen-bond donors (Lipinski definition) is 1. The molecule has 0 saturated heterocycles.